The number of ether oxygens (including phenoxy) is 2. The number of rotatable bonds is 12. The monoisotopic (exact) mass is 689 g/mol. The molecule has 0 saturated carbocycles. The summed E-state index contributed by atoms with van der Waals surface area (Å²) in [6.07, 6.45) is -5.22. The van der Waals surface area contributed by atoms with E-state index in [1.54, 1.807) is 0 Å². The number of fused-ring (bicyclic) bond motifs is 1. The van der Waals surface area contributed by atoms with Crippen molar-refractivity contribution in [1.82, 2.24) is 19.5 Å². The van der Waals surface area contributed by atoms with Crippen LogP contribution in [0.15, 0.2) is 42.3 Å². The highest BCUT2D eigenvalue weighted by Gasteiger charge is 2.50. The fourth-order valence-electron chi connectivity index (χ4n) is 4.76. The summed E-state index contributed by atoms with van der Waals surface area (Å²) in [5.74, 6) is -0.733. The van der Waals surface area contributed by atoms with Crippen LogP contribution in [-0.2, 0) is 32.0 Å². The first-order chi connectivity index (χ1) is 21.7. The molecule has 2 aliphatic rings. The molecule has 5 rings (SSSR count). The van der Waals surface area contributed by atoms with Gasteiger partial charge in [-0.2, -0.15) is 8.88 Å². The smallest absolute Gasteiger partial charge is 0.389 e. The maximum absolute atomic E-state index is 12.5. The van der Waals surface area contributed by atoms with Gasteiger partial charge in [0.15, 0.2) is 36.1 Å². The Bertz CT molecular complexity index is 1760. The van der Waals surface area contributed by atoms with Crippen molar-refractivity contribution in [1.29, 1.82) is 0 Å². The van der Waals surface area contributed by atoms with Gasteiger partial charge in [-0.05, 0) is 11.6 Å². The van der Waals surface area contributed by atoms with E-state index in [2.05, 4.69) is 29.3 Å². The fraction of sp³-hybridized carbons (Fsp3) is 0.476. The van der Waals surface area contributed by atoms with E-state index in [1.807, 2.05) is 0 Å². The van der Waals surface area contributed by atoms with Crippen molar-refractivity contribution in [3.63, 3.8) is 0 Å². The lowest BCUT2D eigenvalue weighted by Gasteiger charge is -2.20. The normalized spacial score (nSPS) is 30.5. The molecule has 248 valence electrons. The van der Waals surface area contributed by atoms with Crippen LogP contribution < -0.4 is 16.0 Å². The number of amides is 1. The van der Waals surface area contributed by atoms with Gasteiger partial charge in [-0.3, -0.25) is 18.4 Å². The number of aliphatic hydroxyl groups excluding tert-OH is 3. The third-order valence-electron chi connectivity index (χ3n) is 6.93. The number of pyridine rings is 1. The molecule has 23 nitrogen and oxygen atoms in total. The average molecular weight is 689 g/mol. The summed E-state index contributed by atoms with van der Waals surface area (Å²) in [5.41, 5.74) is 20.4. The standard InChI is InChI=1S/C21H26N10O13P2/c22-17-13-19(26-7-25-17)31(8-27-13)21-16(34)15(33)11(43-21)6-41-46(38,39)44-45(36,37)40-5-10-14(32)12(28-29-24)20(42-10)30-3-1-2-9(4-30)18(23)35/h1-4,7-8,10-12,14-16,20-21,32-34H,5-6H2,(H5-,22,23,25,26,35,36,37,38,39)/p+1/t10-,11-,12+,14-,15-,16-,20?,21-/m1/s1. The molecule has 3 aromatic rings. The molecule has 0 bridgehead atoms. The summed E-state index contributed by atoms with van der Waals surface area (Å²) in [6, 6.07) is 1.53. The zero-order valence-corrected chi connectivity index (χ0v) is 24.9. The van der Waals surface area contributed by atoms with Gasteiger partial charge >= 0.3 is 15.6 Å². The molecule has 2 saturated heterocycles. The highest BCUT2D eigenvalue weighted by Crippen LogP contribution is 2.60. The number of anilines is 1. The van der Waals surface area contributed by atoms with E-state index >= 15 is 0 Å². The van der Waals surface area contributed by atoms with Crippen LogP contribution in [0.3, 0.4) is 0 Å². The van der Waals surface area contributed by atoms with E-state index in [0.717, 1.165) is 6.33 Å². The van der Waals surface area contributed by atoms with E-state index in [4.69, 9.17) is 35.5 Å². The molecule has 0 radical (unpaired) electrons. The van der Waals surface area contributed by atoms with Crippen LogP contribution in [-0.4, -0.2) is 100 Å². The van der Waals surface area contributed by atoms with E-state index in [1.165, 1.54) is 40.0 Å². The van der Waals surface area contributed by atoms with Crippen LogP contribution in [0.25, 0.3) is 21.6 Å². The third-order valence-corrected chi connectivity index (χ3v) is 9.53. The number of primary amides is 1. The van der Waals surface area contributed by atoms with Gasteiger partial charge in [0.2, 0.25) is 0 Å². The van der Waals surface area contributed by atoms with Gasteiger partial charge in [0.25, 0.3) is 12.1 Å². The number of hydrogen-bond acceptors (Lipinski definition) is 16. The average Bonchev–Trinajstić information content (AvgIpc) is 3.65. The number of nitrogens with zero attached hydrogens (tertiary/aromatic N) is 8. The lowest BCUT2D eigenvalue weighted by molar-refractivity contribution is -0.760. The van der Waals surface area contributed by atoms with Crippen molar-refractivity contribution < 1.29 is 66.4 Å². The second kappa shape index (κ2) is 13.2. The Labute approximate surface area is 256 Å². The molecule has 5 heterocycles. The van der Waals surface area contributed by atoms with Crippen LogP contribution in [0.1, 0.15) is 22.8 Å². The molecule has 9 N–H and O–H groups in total. The van der Waals surface area contributed by atoms with Crippen molar-refractivity contribution >= 4 is 38.5 Å². The number of phosphoric ester groups is 2. The number of aliphatic hydroxyl groups is 3. The molecular formula is C21H27N10O13P2+. The minimum atomic E-state index is -5.41. The Morgan fingerprint density at radius 2 is 1.76 bits per heavy atom. The summed E-state index contributed by atoms with van der Waals surface area (Å²) in [6.45, 7) is -1.82. The van der Waals surface area contributed by atoms with Gasteiger partial charge in [-0.1, -0.05) is 5.11 Å². The molecular weight excluding hydrogens is 662 g/mol. The predicted octanol–water partition coefficient (Wildman–Crippen LogP) is -1.70. The van der Waals surface area contributed by atoms with Gasteiger partial charge < -0.3 is 46.0 Å². The van der Waals surface area contributed by atoms with Crippen molar-refractivity contribution in [3.05, 3.63) is 53.2 Å². The molecule has 10 atom stereocenters. The van der Waals surface area contributed by atoms with E-state index in [0.29, 0.717) is 0 Å². The second-order valence-corrected chi connectivity index (χ2v) is 12.9. The minimum Gasteiger partial charge on any atom is -0.389 e. The summed E-state index contributed by atoms with van der Waals surface area (Å²) in [5, 5.41) is 35.1. The number of hydrogen-bond donors (Lipinski definition) is 7. The Morgan fingerprint density at radius 1 is 1.09 bits per heavy atom. The largest absolute Gasteiger partial charge is 0.481 e. The summed E-state index contributed by atoms with van der Waals surface area (Å²) < 4.78 is 52.5. The maximum Gasteiger partial charge on any atom is 0.481 e. The Morgan fingerprint density at radius 3 is 2.41 bits per heavy atom. The minimum absolute atomic E-state index is 0.0453. The van der Waals surface area contributed by atoms with Crippen LogP contribution in [0.4, 0.5) is 5.82 Å². The highest BCUT2D eigenvalue weighted by atomic mass is 31.3. The zero-order chi connectivity index (χ0) is 33.4. The maximum atomic E-state index is 12.5. The first-order valence-electron chi connectivity index (χ1n) is 13.0. The molecule has 1 amide bonds. The number of carbonyl (C=O) groups is 1. The summed E-state index contributed by atoms with van der Waals surface area (Å²) in [4.78, 5) is 46.2. The van der Waals surface area contributed by atoms with E-state index in [9.17, 15) is 39.0 Å². The van der Waals surface area contributed by atoms with Crippen molar-refractivity contribution in [2.24, 2.45) is 10.8 Å². The molecule has 0 aliphatic carbocycles. The number of phosphoric acid groups is 2. The lowest BCUT2D eigenvalue weighted by atomic mass is 10.1. The topological polar surface area (TPSA) is 347 Å². The summed E-state index contributed by atoms with van der Waals surface area (Å²) in [7, 11) is -10.8. The van der Waals surface area contributed by atoms with Gasteiger partial charge in [-0.25, -0.2) is 24.1 Å². The fourth-order valence-corrected chi connectivity index (χ4v) is 6.85. The SMILES string of the molecule is [N-]=[N+]=N[C@@H]1C([n+]2cccc(C(N)=O)c2)O[C@H](COP(=O)(O)OP(=O)(O)OC[C@H]2O[C@@H](n3cnc4c(N)ncnc43)[C@H](O)[C@@H]2O)[C@H]1O. The Balaban J connectivity index is 1.18. The molecule has 3 aromatic heterocycles. The highest BCUT2D eigenvalue weighted by molar-refractivity contribution is 7.61. The van der Waals surface area contributed by atoms with Crippen LogP contribution in [0.5, 0.6) is 0 Å². The van der Waals surface area contributed by atoms with Crippen molar-refractivity contribution in [2.75, 3.05) is 18.9 Å². The quantitative estimate of drug-likeness (QED) is 0.0366. The Kier molecular flexibility index (Phi) is 9.68. The van der Waals surface area contributed by atoms with Gasteiger partial charge in [0.05, 0.1) is 19.5 Å². The lowest BCUT2D eigenvalue weighted by Crippen LogP contribution is -2.45. The number of aromatic nitrogens is 5. The van der Waals surface area contributed by atoms with E-state index < -0.39 is 83.8 Å². The van der Waals surface area contributed by atoms with Crippen molar-refractivity contribution in [2.45, 2.75) is 49.0 Å². The molecule has 2 fully saturated rings. The predicted molar refractivity (Wildman–Crippen MR) is 146 cm³/mol. The number of carbonyl (C=O) groups excluding carboxylic acids is 1. The molecule has 46 heavy (non-hydrogen) atoms. The first kappa shape index (κ1) is 33.7. The van der Waals surface area contributed by atoms with E-state index in [-0.39, 0.29) is 22.5 Å². The van der Waals surface area contributed by atoms with Crippen LogP contribution in [0, 0.1) is 0 Å². The van der Waals surface area contributed by atoms with Crippen molar-refractivity contribution in [3.8, 4) is 0 Å². The molecule has 25 heteroatoms. The number of nitrogens with two attached hydrogens (primary N) is 2. The molecule has 0 aromatic carbocycles. The van der Waals surface area contributed by atoms with Gasteiger partial charge in [0, 0.05) is 11.0 Å². The third kappa shape index (κ3) is 7.01. The molecule has 0 spiro atoms. The molecule has 3 unspecified atom stereocenters. The van der Waals surface area contributed by atoms with Gasteiger partial charge in [-0.15, -0.1) is 0 Å². The van der Waals surface area contributed by atoms with Crippen LogP contribution >= 0.6 is 15.6 Å². The number of azide groups is 1. The molecule has 2 aliphatic heterocycles. The number of imidazole rings is 1. The van der Waals surface area contributed by atoms with Crippen LogP contribution in [0.2, 0.25) is 0 Å². The second-order valence-electron chi connectivity index (χ2n) is 9.89. The first-order valence-corrected chi connectivity index (χ1v) is 16.0. The Hall–Kier alpha value is -3.66. The van der Waals surface area contributed by atoms with Gasteiger partial charge in [0.1, 0.15) is 47.9 Å². The number of nitrogen functional groups attached to an aromatic ring is 1. The zero-order valence-electron chi connectivity index (χ0n) is 23.1. The summed E-state index contributed by atoms with van der Waals surface area (Å²) >= 11 is 0.